The van der Waals surface area contributed by atoms with Gasteiger partial charge in [0, 0.05) is 19.3 Å². The molecular formula is C63H112O6. The van der Waals surface area contributed by atoms with E-state index >= 15 is 0 Å². The minimum atomic E-state index is -0.783. The van der Waals surface area contributed by atoms with Crippen molar-refractivity contribution in [3.8, 4) is 0 Å². The summed E-state index contributed by atoms with van der Waals surface area (Å²) in [6, 6.07) is 0. The summed E-state index contributed by atoms with van der Waals surface area (Å²) in [5.41, 5.74) is 0. The predicted molar refractivity (Wildman–Crippen MR) is 298 cm³/mol. The van der Waals surface area contributed by atoms with Crippen LogP contribution in [0.15, 0.2) is 60.8 Å². The minimum absolute atomic E-state index is 0.0813. The second kappa shape index (κ2) is 57.7. The summed E-state index contributed by atoms with van der Waals surface area (Å²) in [7, 11) is 0. The molecule has 1 atom stereocenters. The quantitative estimate of drug-likeness (QED) is 0.0262. The Hall–Kier alpha value is -2.89. The Labute approximate surface area is 428 Å². The molecule has 6 heteroatoms. The molecule has 1 unspecified atom stereocenters. The third-order valence-corrected chi connectivity index (χ3v) is 13.0. The van der Waals surface area contributed by atoms with E-state index < -0.39 is 6.10 Å². The average molecular weight is 966 g/mol. The van der Waals surface area contributed by atoms with Gasteiger partial charge in [-0.3, -0.25) is 14.4 Å². The average Bonchev–Trinajstić information content (AvgIpc) is 3.35. The van der Waals surface area contributed by atoms with E-state index in [1.807, 2.05) is 0 Å². The van der Waals surface area contributed by atoms with Gasteiger partial charge < -0.3 is 14.2 Å². The largest absolute Gasteiger partial charge is 0.462 e. The smallest absolute Gasteiger partial charge is 0.306 e. The molecular weight excluding hydrogens is 853 g/mol. The standard InChI is InChI=1S/C63H112O6/c1-4-7-10-13-16-19-22-25-27-29-31-32-33-35-36-38-41-44-47-50-53-56-62(65)68-59-60(58-67-61(64)55-52-49-46-43-40-24-21-18-15-12-9-6-3)69-63(66)57-54-51-48-45-42-39-37-34-30-28-26-23-20-17-14-11-8-5-2/h18,20-23,25,28-31,60H,4-17,19,24,26-27,32-59H2,1-3H3/b21-18-,23-20-,25-22-,30-28-,31-29-. The van der Waals surface area contributed by atoms with Crippen LogP contribution in [-0.4, -0.2) is 37.2 Å². The van der Waals surface area contributed by atoms with E-state index in [-0.39, 0.29) is 31.1 Å². The van der Waals surface area contributed by atoms with Gasteiger partial charge in [-0.05, 0) is 109 Å². The molecule has 0 saturated carbocycles. The Kier molecular flexibility index (Phi) is 55.3. The second-order valence-corrected chi connectivity index (χ2v) is 19.9. The molecule has 0 aliphatic carbocycles. The number of allylic oxidation sites excluding steroid dienone is 10. The molecule has 69 heavy (non-hydrogen) atoms. The maximum atomic E-state index is 12.9. The van der Waals surface area contributed by atoms with Crippen molar-refractivity contribution >= 4 is 17.9 Å². The first-order valence-electron chi connectivity index (χ1n) is 29.8. The van der Waals surface area contributed by atoms with Crippen LogP contribution in [0.4, 0.5) is 0 Å². The summed E-state index contributed by atoms with van der Waals surface area (Å²) in [5, 5.41) is 0. The van der Waals surface area contributed by atoms with Gasteiger partial charge in [0.25, 0.3) is 0 Å². The van der Waals surface area contributed by atoms with Gasteiger partial charge in [0.2, 0.25) is 0 Å². The zero-order valence-corrected chi connectivity index (χ0v) is 45.8. The number of carbonyl (C=O) groups is 3. The Morgan fingerprint density at radius 2 is 0.522 bits per heavy atom. The van der Waals surface area contributed by atoms with Crippen LogP contribution in [-0.2, 0) is 28.6 Å². The molecule has 0 aromatic rings. The van der Waals surface area contributed by atoms with Crippen molar-refractivity contribution in [2.24, 2.45) is 0 Å². The van der Waals surface area contributed by atoms with Gasteiger partial charge in [0.15, 0.2) is 6.10 Å². The SMILES string of the molecule is CCCCC/C=C\CCCCCCCC(=O)OCC(COC(=O)CCCCCCCCCCC/C=C\C/C=C\CCCCCCC)OC(=O)CCCCCCCCC/C=C\C/C=C\CCCCCC. The van der Waals surface area contributed by atoms with E-state index in [0.717, 1.165) is 83.5 Å². The van der Waals surface area contributed by atoms with Gasteiger partial charge in [0.1, 0.15) is 13.2 Å². The topological polar surface area (TPSA) is 78.9 Å². The molecule has 0 amide bonds. The number of hydrogen-bond donors (Lipinski definition) is 0. The van der Waals surface area contributed by atoms with Crippen molar-refractivity contribution < 1.29 is 28.6 Å². The lowest BCUT2D eigenvalue weighted by molar-refractivity contribution is -0.167. The minimum Gasteiger partial charge on any atom is -0.462 e. The molecule has 0 radical (unpaired) electrons. The highest BCUT2D eigenvalue weighted by Crippen LogP contribution is 2.15. The number of esters is 3. The molecule has 0 aromatic carbocycles. The first kappa shape index (κ1) is 66.1. The predicted octanol–water partition coefficient (Wildman–Crippen LogP) is 20.0. The maximum Gasteiger partial charge on any atom is 0.306 e. The third kappa shape index (κ3) is 55.9. The first-order chi connectivity index (χ1) is 34.0. The van der Waals surface area contributed by atoms with Gasteiger partial charge in [-0.15, -0.1) is 0 Å². The molecule has 0 heterocycles. The number of hydrogen-bond acceptors (Lipinski definition) is 6. The van der Waals surface area contributed by atoms with Crippen LogP contribution in [0.2, 0.25) is 0 Å². The van der Waals surface area contributed by atoms with Crippen molar-refractivity contribution in [1.29, 1.82) is 0 Å². The second-order valence-electron chi connectivity index (χ2n) is 19.9. The zero-order chi connectivity index (χ0) is 50.0. The molecule has 400 valence electrons. The van der Waals surface area contributed by atoms with E-state index in [4.69, 9.17) is 14.2 Å². The van der Waals surface area contributed by atoms with E-state index in [2.05, 4.69) is 81.5 Å². The zero-order valence-electron chi connectivity index (χ0n) is 45.8. The number of unbranched alkanes of at least 4 members (excludes halogenated alkanes) is 33. The molecule has 6 nitrogen and oxygen atoms in total. The highest BCUT2D eigenvalue weighted by Gasteiger charge is 2.19. The molecule has 0 aromatic heterocycles. The molecule has 0 saturated heterocycles. The molecule has 0 aliphatic heterocycles. The summed E-state index contributed by atoms with van der Waals surface area (Å²) in [4.78, 5) is 38.2. The summed E-state index contributed by atoms with van der Waals surface area (Å²) < 4.78 is 16.9. The summed E-state index contributed by atoms with van der Waals surface area (Å²) in [6.07, 6.45) is 72.1. The van der Waals surface area contributed by atoms with Gasteiger partial charge in [-0.2, -0.15) is 0 Å². The van der Waals surface area contributed by atoms with Crippen LogP contribution in [0, 0.1) is 0 Å². The van der Waals surface area contributed by atoms with Crippen LogP contribution in [0.1, 0.15) is 303 Å². The highest BCUT2D eigenvalue weighted by molar-refractivity contribution is 5.71. The maximum absolute atomic E-state index is 12.9. The Bertz CT molecular complexity index is 1250. The van der Waals surface area contributed by atoms with Crippen molar-refractivity contribution in [3.63, 3.8) is 0 Å². The van der Waals surface area contributed by atoms with Crippen LogP contribution in [0.5, 0.6) is 0 Å². The van der Waals surface area contributed by atoms with Crippen molar-refractivity contribution in [2.75, 3.05) is 13.2 Å². The molecule has 0 aliphatic rings. The van der Waals surface area contributed by atoms with Crippen LogP contribution in [0.3, 0.4) is 0 Å². The van der Waals surface area contributed by atoms with E-state index in [1.165, 1.54) is 180 Å². The lowest BCUT2D eigenvalue weighted by atomic mass is 10.1. The van der Waals surface area contributed by atoms with Crippen molar-refractivity contribution in [2.45, 2.75) is 309 Å². The van der Waals surface area contributed by atoms with Gasteiger partial charge in [-0.1, -0.05) is 236 Å². The summed E-state index contributed by atoms with van der Waals surface area (Å²) in [6.45, 7) is 6.60. The monoisotopic (exact) mass is 965 g/mol. The van der Waals surface area contributed by atoms with Crippen LogP contribution in [0.25, 0.3) is 0 Å². The summed E-state index contributed by atoms with van der Waals surface area (Å²) >= 11 is 0. The van der Waals surface area contributed by atoms with E-state index in [9.17, 15) is 14.4 Å². The Balaban J connectivity index is 4.34. The van der Waals surface area contributed by atoms with Crippen LogP contribution >= 0.6 is 0 Å². The molecule has 0 N–H and O–H groups in total. The van der Waals surface area contributed by atoms with Crippen LogP contribution < -0.4 is 0 Å². The Morgan fingerprint density at radius 3 is 0.855 bits per heavy atom. The van der Waals surface area contributed by atoms with Gasteiger partial charge in [-0.25, -0.2) is 0 Å². The number of ether oxygens (including phenoxy) is 3. The molecule has 0 fully saturated rings. The highest BCUT2D eigenvalue weighted by atomic mass is 16.6. The fourth-order valence-corrected chi connectivity index (χ4v) is 8.44. The van der Waals surface area contributed by atoms with Gasteiger partial charge in [0.05, 0.1) is 0 Å². The van der Waals surface area contributed by atoms with Crippen molar-refractivity contribution in [3.05, 3.63) is 60.8 Å². The fraction of sp³-hybridized carbons (Fsp3) is 0.794. The lowest BCUT2D eigenvalue weighted by Gasteiger charge is -2.18. The van der Waals surface area contributed by atoms with Crippen molar-refractivity contribution in [1.82, 2.24) is 0 Å². The normalized spacial score (nSPS) is 12.4. The molecule has 0 spiro atoms. The number of carbonyl (C=O) groups excluding carboxylic acids is 3. The summed E-state index contributed by atoms with van der Waals surface area (Å²) in [5.74, 6) is -0.891. The Morgan fingerprint density at radius 1 is 0.290 bits per heavy atom. The molecule has 0 bridgehead atoms. The van der Waals surface area contributed by atoms with E-state index in [0.29, 0.717) is 19.3 Å². The van der Waals surface area contributed by atoms with Gasteiger partial charge >= 0.3 is 17.9 Å². The third-order valence-electron chi connectivity index (χ3n) is 13.0. The fourth-order valence-electron chi connectivity index (χ4n) is 8.44. The molecule has 0 rings (SSSR count). The van der Waals surface area contributed by atoms with E-state index in [1.54, 1.807) is 0 Å². The first-order valence-corrected chi connectivity index (χ1v) is 29.8. The number of rotatable bonds is 54. The lowest BCUT2D eigenvalue weighted by Crippen LogP contribution is -2.30.